The highest BCUT2D eigenvalue weighted by Crippen LogP contribution is 2.30. The second kappa shape index (κ2) is 9.81. The predicted molar refractivity (Wildman–Crippen MR) is 136 cm³/mol. The molecule has 1 saturated heterocycles. The Morgan fingerprint density at radius 3 is 2.71 bits per heavy atom. The van der Waals surface area contributed by atoms with Gasteiger partial charge in [0, 0.05) is 24.9 Å². The van der Waals surface area contributed by atoms with Crippen LogP contribution in [0.25, 0.3) is 21.9 Å². The zero-order valence-corrected chi connectivity index (χ0v) is 19.7. The van der Waals surface area contributed by atoms with Gasteiger partial charge in [0.05, 0.1) is 17.1 Å². The quantitative estimate of drug-likeness (QED) is 0.373. The number of nitrogens with zero attached hydrogens (tertiary/aromatic N) is 3. The van der Waals surface area contributed by atoms with Crippen LogP contribution in [0.15, 0.2) is 48.5 Å². The van der Waals surface area contributed by atoms with Crippen LogP contribution in [0.2, 0.25) is 0 Å². The van der Waals surface area contributed by atoms with Crippen LogP contribution in [-0.4, -0.2) is 33.0 Å². The summed E-state index contributed by atoms with van der Waals surface area (Å²) < 4.78 is 2.30. The summed E-state index contributed by atoms with van der Waals surface area (Å²) in [4.78, 5) is 21.8. The Morgan fingerprint density at radius 1 is 1.15 bits per heavy atom. The van der Waals surface area contributed by atoms with E-state index < -0.39 is 0 Å². The normalized spacial score (nSPS) is 15.9. The first-order chi connectivity index (χ1) is 16.6. The molecule has 1 atom stereocenters. The molecule has 2 aromatic heterocycles. The van der Waals surface area contributed by atoms with E-state index in [1.54, 1.807) is 0 Å². The number of carbonyl (C=O) groups is 1. The van der Waals surface area contributed by atoms with E-state index in [0.717, 1.165) is 72.0 Å². The molecule has 4 N–H and O–H groups in total. The van der Waals surface area contributed by atoms with Crippen molar-refractivity contribution < 1.29 is 4.79 Å². The summed E-state index contributed by atoms with van der Waals surface area (Å²) in [5, 5.41) is 7.37. The topological polar surface area (TPSA) is 97.9 Å². The van der Waals surface area contributed by atoms with Gasteiger partial charge in [-0.1, -0.05) is 55.8 Å². The number of aromatic nitrogens is 3. The number of para-hydroxylation sites is 1. The standard InChI is InChI=1S/C27H32N6O/c1-2-3-10-23-32-24-25(20-7-4-5-8-21(20)31-26(24)28)33(23)17-19-13-11-18(12-14-19)16-30-27(34)22-9-6-15-29-22/h4-5,7-8,11-14,22,29H,2-3,6,9-10,15-17H2,1H3,(H2,28,31)(H,30,34)/t22-/m0/s1. The highest BCUT2D eigenvalue weighted by molar-refractivity contribution is 6.06. The molecule has 1 fully saturated rings. The number of benzene rings is 2. The number of nitrogens with two attached hydrogens (primary N) is 1. The van der Waals surface area contributed by atoms with Crippen LogP contribution < -0.4 is 16.4 Å². The van der Waals surface area contributed by atoms with E-state index in [0.29, 0.717) is 18.9 Å². The summed E-state index contributed by atoms with van der Waals surface area (Å²) in [6, 6.07) is 16.5. The molecule has 4 aromatic rings. The second-order valence-electron chi connectivity index (χ2n) is 9.11. The van der Waals surface area contributed by atoms with Gasteiger partial charge in [-0.2, -0.15) is 0 Å². The number of nitrogen functional groups attached to an aromatic ring is 1. The highest BCUT2D eigenvalue weighted by atomic mass is 16.2. The Morgan fingerprint density at radius 2 is 1.94 bits per heavy atom. The fourth-order valence-electron chi connectivity index (χ4n) is 4.77. The van der Waals surface area contributed by atoms with E-state index in [1.165, 1.54) is 5.56 Å². The Labute approximate surface area is 199 Å². The Bertz CT molecular complexity index is 1300. The van der Waals surface area contributed by atoms with Gasteiger partial charge in [0.1, 0.15) is 11.3 Å². The van der Waals surface area contributed by atoms with Crippen LogP contribution in [0, 0.1) is 0 Å². The molecule has 1 aliphatic rings. The number of rotatable bonds is 8. The van der Waals surface area contributed by atoms with E-state index in [1.807, 2.05) is 18.2 Å². The predicted octanol–water partition coefficient (Wildman–Crippen LogP) is 3.93. The molecule has 0 bridgehead atoms. The van der Waals surface area contributed by atoms with Gasteiger partial charge in [-0.3, -0.25) is 4.79 Å². The number of nitrogens with one attached hydrogen (secondary N) is 2. The highest BCUT2D eigenvalue weighted by Gasteiger charge is 2.21. The van der Waals surface area contributed by atoms with Crippen molar-refractivity contribution in [2.75, 3.05) is 12.3 Å². The van der Waals surface area contributed by atoms with Crippen LogP contribution in [0.1, 0.15) is 49.6 Å². The minimum Gasteiger partial charge on any atom is -0.382 e. The number of hydrogen-bond donors (Lipinski definition) is 3. The number of amides is 1. The molecule has 176 valence electrons. The lowest BCUT2D eigenvalue weighted by Gasteiger charge is -2.13. The van der Waals surface area contributed by atoms with Crippen molar-refractivity contribution in [3.63, 3.8) is 0 Å². The van der Waals surface area contributed by atoms with Crippen LogP contribution in [-0.2, 0) is 24.3 Å². The average Bonchev–Trinajstić information content (AvgIpc) is 3.52. The van der Waals surface area contributed by atoms with E-state index in [2.05, 4.69) is 57.4 Å². The molecule has 7 nitrogen and oxygen atoms in total. The van der Waals surface area contributed by atoms with Gasteiger partial charge in [-0.25, -0.2) is 9.97 Å². The minimum absolute atomic E-state index is 0.0490. The van der Waals surface area contributed by atoms with Crippen LogP contribution >= 0.6 is 0 Å². The summed E-state index contributed by atoms with van der Waals surface area (Å²) in [5.41, 5.74) is 11.3. The van der Waals surface area contributed by atoms with Crippen molar-refractivity contribution in [1.29, 1.82) is 0 Å². The number of unbranched alkanes of at least 4 members (excludes halogenated alkanes) is 1. The van der Waals surface area contributed by atoms with E-state index in [9.17, 15) is 4.79 Å². The Hall–Kier alpha value is -3.45. The fourth-order valence-corrected chi connectivity index (χ4v) is 4.77. The average molecular weight is 457 g/mol. The lowest BCUT2D eigenvalue weighted by atomic mass is 10.1. The van der Waals surface area contributed by atoms with Gasteiger partial charge < -0.3 is 20.9 Å². The maximum atomic E-state index is 12.3. The third-order valence-electron chi connectivity index (χ3n) is 6.65. The second-order valence-corrected chi connectivity index (χ2v) is 9.11. The number of hydrogen-bond acceptors (Lipinski definition) is 5. The van der Waals surface area contributed by atoms with Crippen LogP contribution in [0.4, 0.5) is 5.82 Å². The SMILES string of the molecule is CCCCc1nc2c(N)nc3ccccc3c2n1Cc1ccc(CNC(=O)[C@@H]2CCCN2)cc1. The Balaban J connectivity index is 1.41. The van der Waals surface area contributed by atoms with Crippen molar-refractivity contribution in [2.24, 2.45) is 0 Å². The first kappa shape index (κ1) is 22.3. The molecule has 34 heavy (non-hydrogen) atoms. The first-order valence-electron chi connectivity index (χ1n) is 12.3. The van der Waals surface area contributed by atoms with Gasteiger partial charge in [-0.15, -0.1) is 0 Å². The molecule has 5 rings (SSSR count). The lowest BCUT2D eigenvalue weighted by Crippen LogP contribution is -2.39. The molecule has 0 unspecified atom stereocenters. The van der Waals surface area contributed by atoms with Crippen molar-refractivity contribution in [2.45, 2.75) is 58.2 Å². The van der Waals surface area contributed by atoms with Crippen LogP contribution in [0.3, 0.4) is 0 Å². The maximum Gasteiger partial charge on any atom is 0.237 e. The van der Waals surface area contributed by atoms with E-state index in [-0.39, 0.29) is 11.9 Å². The number of aryl methyl sites for hydroxylation is 1. The van der Waals surface area contributed by atoms with E-state index in [4.69, 9.17) is 10.7 Å². The number of fused-ring (bicyclic) bond motifs is 3. The molecule has 1 amide bonds. The number of imidazole rings is 1. The van der Waals surface area contributed by atoms with Crippen molar-refractivity contribution in [3.8, 4) is 0 Å². The lowest BCUT2D eigenvalue weighted by molar-refractivity contribution is -0.122. The van der Waals surface area contributed by atoms with Gasteiger partial charge in [-0.05, 0) is 43.0 Å². The molecule has 0 saturated carbocycles. The number of anilines is 1. The molecule has 7 heteroatoms. The molecule has 0 aliphatic carbocycles. The number of carbonyl (C=O) groups excluding carboxylic acids is 1. The van der Waals surface area contributed by atoms with Gasteiger partial charge >= 0.3 is 0 Å². The third kappa shape index (κ3) is 4.48. The summed E-state index contributed by atoms with van der Waals surface area (Å²) in [6.45, 7) is 4.37. The van der Waals surface area contributed by atoms with E-state index >= 15 is 0 Å². The summed E-state index contributed by atoms with van der Waals surface area (Å²) in [6.07, 6.45) is 5.06. The van der Waals surface area contributed by atoms with Crippen molar-refractivity contribution >= 4 is 33.7 Å². The summed E-state index contributed by atoms with van der Waals surface area (Å²) in [5.74, 6) is 1.61. The first-order valence-corrected chi connectivity index (χ1v) is 12.3. The minimum atomic E-state index is -0.0490. The smallest absolute Gasteiger partial charge is 0.237 e. The third-order valence-corrected chi connectivity index (χ3v) is 6.65. The van der Waals surface area contributed by atoms with Crippen LogP contribution in [0.5, 0.6) is 0 Å². The molecule has 1 aliphatic heterocycles. The molecule has 0 radical (unpaired) electrons. The summed E-state index contributed by atoms with van der Waals surface area (Å²) in [7, 11) is 0. The molecular weight excluding hydrogens is 424 g/mol. The zero-order valence-electron chi connectivity index (χ0n) is 19.7. The van der Waals surface area contributed by atoms with Gasteiger partial charge in [0.2, 0.25) is 5.91 Å². The van der Waals surface area contributed by atoms with Gasteiger partial charge in [0.25, 0.3) is 0 Å². The molecule has 0 spiro atoms. The zero-order chi connectivity index (χ0) is 23.5. The van der Waals surface area contributed by atoms with Gasteiger partial charge in [0.15, 0.2) is 5.82 Å². The monoisotopic (exact) mass is 456 g/mol. The largest absolute Gasteiger partial charge is 0.382 e. The fraction of sp³-hybridized carbons (Fsp3) is 0.370. The maximum absolute atomic E-state index is 12.3. The molecule has 2 aromatic carbocycles. The summed E-state index contributed by atoms with van der Waals surface area (Å²) >= 11 is 0. The number of pyridine rings is 1. The molecule has 3 heterocycles. The van der Waals surface area contributed by atoms with Crippen molar-refractivity contribution in [3.05, 3.63) is 65.5 Å². The van der Waals surface area contributed by atoms with Crippen molar-refractivity contribution in [1.82, 2.24) is 25.2 Å². The Kier molecular flexibility index (Phi) is 6.45. The molecular formula is C27H32N6O.